The summed E-state index contributed by atoms with van der Waals surface area (Å²) in [5, 5.41) is 17.1. The number of hydrazone groups is 1. The van der Waals surface area contributed by atoms with E-state index in [9.17, 15) is 4.79 Å². The molecule has 1 aromatic heterocycles. The van der Waals surface area contributed by atoms with Crippen molar-refractivity contribution in [3.8, 4) is 0 Å². The van der Waals surface area contributed by atoms with Crippen LogP contribution in [0.25, 0.3) is 10.8 Å². The van der Waals surface area contributed by atoms with Crippen molar-refractivity contribution in [3.05, 3.63) is 66.4 Å². The summed E-state index contributed by atoms with van der Waals surface area (Å²) >= 11 is 1.41. The number of hydrogen-bond donors (Lipinski definition) is 0. The smallest absolute Gasteiger partial charge is 0.253 e. The topological polar surface area (TPSA) is 58.5 Å². The molecule has 0 bridgehead atoms. The monoisotopic (exact) mass is 348 g/mol. The third-order valence-corrected chi connectivity index (χ3v) is 5.03. The van der Waals surface area contributed by atoms with Crippen LogP contribution in [0.3, 0.4) is 0 Å². The van der Waals surface area contributed by atoms with Gasteiger partial charge in [-0.2, -0.15) is 10.2 Å². The quantitative estimate of drug-likeness (QED) is 0.679. The molecule has 0 fully saturated rings. The Morgan fingerprint density at radius 2 is 1.88 bits per heavy atom. The van der Waals surface area contributed by atoms with Crippen molar-refractivity contribution in [3.63, 3.8) is 0 Å². The molecule has 4 rings (SSSR count). The molecule has 6 heteroatoms. The number of nitrogens with zero attached hydrogens (tertiary/aromatic N) is 4. The number of carbonyl (C=O) groups excluding carboxylic acids is 1. The van der Waals surface area contributed by atoms with E-state index in [2.05, 4.69) is 15.3 Å². The lowest BCUT2D eigenvalue weighted by Crippen LogP contribution is -2.25. The molecule has 1 aliphatic heterocycles. The van der Waals surface area contributed by atoms with Gasteiger partial charge in [0.1, 0.15) is 5.03 Å². The van der Waals surface area contributed by atoms with Crippen molar-refractivity contribution >= 4 is 34.2 Å². The van der Waals surface area contributed by atoms with E-state index in [4.69, 9.17) is 0 Å². The van der Waals surface area contributed by atoms with Gasteiger partial charge in [0, 0.05) is 17.2 Å². The fraction of sp³-hybridized carbons (Fsp3) is 0.158. The molecule has 0 saturated carbocycles. The van der Waals surface area contributed by atoms with Gasteiger partial charge in [-0.05, 0) is 5.56 Å². The second kappa shape index (κ2) is 7.03. The lowest BCUT2D eigenvalue weighted by molar-refractivity contribution is -0.127. The molecule has 0 aliphatic carbocycles. The molecule has 0 atom stereocenters. The predicted molar refractivity (Wildman–Crippen MR) is 99.6 cm³/mol. The summed E-state index contributed by atoms with van der Waals surface area (Å²) in [4.78, 5) is 12.5. The maximum Gasteiger partial charge on any atom is 0.253 e. The van der Waals surface area contributed by atoms with Gasteiger partial charge in [0.15, 0.2) is 0 Å². The van der Waals surface area contributed by atoms with E-state index in [0.29, 0.717) is 12.3 Å². The summed E-state index contributed by atoms with van der Waals surface area (Å²) < 4.78 is 0. The fourth-order valence-electron chi connectivity index (χ4n) is 2.78. The maximum atomic E-state index is 12.5. The third-order valence-electron chi connectivity index (χ3n) is 4.07. The normalized spacial score (nSPS) is 13.9. The molecule has 0 saturated heterocycles. The molecule has 0 N–H and O–H groups in total. The van der Waals surface area contributed by atoms with Crippen LogP contribution in [-0.4, -0.2) is 39.1 Å². The summed E-state index contributed by atoms with van der Waals surface area (Å²) in [6.07, 6.45) is 2.52. The van der Waals surface area contributed by atoms with Crippen LogP contribution in [0, 0.1) is 0 Å². The number of hydrogen-bond acceptors (Lipinski definition) is 5. The van der Waals surface area contributed by atoms with Crippen LogP contribution in [0.2, 0.25) is 0 Å². The zero-order valence-corrected chi connectivity index (χ0v) is 14.3. The molecule has 25 heavy (non-hydrogen) atoms. The maximum absolute atomic E-state index is 12.5. The first-order valence-corrected chi connectivity index (χ1v) is 9.06. The molecule has 1 amide bonds. The Morgan fingerprint density at radius 3 is 2.76 bits per heavy atom. The summed E-state index contributed by atoms with van der Waals surface area (Å²) in [6, 6.07) is 17.9. The van der Waals surface area contributed by atoms with Crippen LogP contribution < -0.4 is 0 Å². The molecule has 5 nitrogen and oxygen atoms in total. The van der Waals surface area contributed by atoms with Gasteiger partial charge in [-0.25, -0.2) is 5.01 Å². The molecular formula is C19H16N4OS. The first-order valence-electron chi connectivity index (χ1n) is 8.08. The number of benzene rings is 2. The Hall–Kier alpha value is -2.73. The molecule has 0 radical (unpaired) electrons. The van der Waals surface area contributed by atoms with Crippen LogP contribution in [0.1, 0.15) is 12.0 Å². The van der Waals surface area contributed by atoms with Gasteiger partial charge in [0.2, 0.25) is 0 Å². The van der Waals surface area contributed by atoms with E-state index in [0.717, 1.165) is 33.5 Å². The predicted octanol–water partition coefficient (Wildman–Crippen LogP) is 3.36. The molecule has 1 aliphatic rings. The summed E-state index contributed by atoms with van der Waals surface area (Å²) in [6.45, 7) is 0.630. The van der Waals surface area contributed by atoms with E-state index >= 15 is 0 Å². The Bertz CT molecular complexity index is 937. The van der Waals surface area contributed by atoms with Crippen molar-refractivity contribution in [1.29, 1.82) is 0 Å². The Morgan fingerprint density at radius 1 is 1.08 bits per heavy atom. The second-order valence-electron chi connectivity index (χ2n) is 5.71. The van der Waals surface area contributed by atoms with Gasteiger partial charge in [0.25, 0.3) is 5.91 Å². The zero-order valence-electron chi connectivity index (χ0n) is 13.5. The number of rotatable bonds is 4. The Labute approximate surface area is 149 Å². The number of thioether (sulfide) groups is 1. The van der Waals surface area contributed by atoms with Gasteiger partial charge in [-0.1, -0.05) is 66.4 Å². The third kappa shape index (κ3) is 3.39. The summed E-state index contributed by atoms with van der Waals surface area (Å²) in [5.74, 6) is 0.291. The van der Waals surface area contributed by atoms with E-state index in [1.807, 2.05) is 54.6 Å². The summed E-state index contributed by atoms with van der Waals surface area (Å²) in [5.41, 5.74) is 2.04. The van der Waals surface area contributed by atoms with E-state index in [1.165, 1.54) is 11.8 Å². The highest BCUT2D eigenvalue weighted by Gasteiger charge is 2.21. The van der Waals surface area contributed by atoms with E-state index in [1.54, 1.807) is 11.2 Å². The zero-order chi connectivity index (χ0) is 17.1. The van der Waals surface area contributed by atoms with Crippen LogP contribution in [0.5, 0.6) is 0 Å². The molecule has 2 heterocycles. The lowest BCUT2D eigenvalue weighted by atomic mass is 10.1. The van der Waals surface area contributed by atoms with Crippen molar-refractivity contribution in [2.24, 2.45) is 5.10 Å². The second-order valence-corrected chi connectivity index (χ2v) is 6.67. The highest BCUT2D eigenvalue weighted by molar-refractivity contribution is 8.00. The average Bonchev–Trinajstić information content (AvgIpc) is 3.17. The number of fused-ring (bicyclic) bond motifs is 1. The SMILES string of the molecule is O=C(CSc1nncc2ccccc12)N1CCC(c2ccccc2)=N1. The van der Waals surface area contributed by atoms with Gasteiger partial charge in [0.05, 0.1) is 24.2 Å². The van der Waals surface area contributed by atoms with Gasteiger partial charge in [-0.3, -0.25) is 4.79 Å². The van der Waals surface area contributed by atoms with Crippen molar-refractivity contribution in [2.75, 3.05) is 12.3 Å². The van der Waals surface area contributed by atoms with Crippen LogP contribution in [0.4, 0.5) is 0 Å². The standard InChI is InChI=1S/C19H16N4OS/c24-18(23-11-10-17(22-23)14-6-2-1-3-7-14)13-25-19-16-9-5-4-8-15(16)12-20-21-19/h1-9,12H,10-11,13H2. The lowest BCUT2D eigenvalue weighted by Gasteiger charge is -2.11. The van der Waals surface area contributed by atoms with Gasteiger partial charge in [-0.15, -0.1) is 5.10 Å². The highest BCUT2D eigenvalue weighted by atomic mass is 32.2. The van der Waals surface area contributed by atoms with Gasteiger partial charge >= 0.3 is 0 Å². The Kier molecular flexibility index (Phi) is 4.43. The van der Waals surface area contributed by atoms with Crippen LogP contribution in [-0.2, 0) is 4.79 Å². The fourth-order valence-corrected chi connectivity index (χ4v) is 3.64. The first-order chi connectivity index (χ1) is 12.3. The van der Waals surface area contributed by atoms with Crippen molar-refractivity contribution in [1.82, 2.24) is 15.2 Å². The number of aromatic nitrogens is 2. The summed E-state index contributed by atoms with van der Waals surface area (Å²) in [7, 11) is 0. The molecule has 124 valence electrons. The number of carbonyl (C=O) groups is 1. The molecular weight excluding hydrogens is 332 g/mol. The van der Waals surface area contributed by atoms with Crippen molar-refractivity contribution in [2.45, 2.75) is 11.4 Å². The largest absolute Gasteiger partial charge is 0.272 e. The van der Waals surface area contributed by atoms with E-state index < -0.39 is 0 Å². The first kappa shape index (κ1) is 15.8. The molecule has 2 aromatic carbocycles. The molecule has 0 spiro atoms. The minimum atomic E-state index is -0.00864. The molecule has 0 unspecified atom stereocenters. The van der Waals surface area contributed by atoms with E-state index in [-0.39, 0.29) is 5.91 Å². The minimum Gasteiger partial charge on any atom is -0.272 e. The van der Waals surface area contributed by atoms with Crippen LogP contribution in [0.15, 0.2) is 70.9 Å². The average molecular weight is 348 g/mol. The minimum absolute atomic E-state index is 0.00864. The Balaban J connectivity index is 1.45. The molecule has 3 aromatic rings. The van der Waals surface area contributed by atoms with Crippen LogP contribution >= 0.6 is 11.8 Å². The van der Waals surface area contributed by atoms with Gasteiger partial charge < -0.3 is 0 Å². The van der Waals surface area contributed by atoms with Crippen molar-refractivity contribution < 1.29 is 4.79 Å². The highest BCUT2D eigenvalue weighted by Crippen LogP contribution is 2.25. The number of amides is 1.